The van der Waals surface area contributed by atoms with Crippen molar-refractivity contribution in [1.82, 2.24) is 25.2 Å². The zero-order valence-electron chi connectivity index (χ0n) is 21.7. The molecule has 0 aliphatic rings. The van der Waals surface area contributed by atoms with Gasteiger partial charge in [0.2, 0.25) is 0 Å². The van der Waals surface area contributed by atoms with Crippen molar-refractivity contribution >= 4 is 39.5 Å². The van der Waals surface area contributed by atoms with E-state index in [4.69, 9.17) is 15.9 Å². The Hall–Kier alpha value is -5.45. The fraction of sp³-hybridized carbons (Fsp3) is 0.138. The number of nitrogen functional groups attached to an aromatic ring is 1. The van der Waals surface area contributed by atoms with Gasteiger partial charge in [-0.15, -0.1) is 0 Å². The van der Waals surface area contributed by atoms with Gasteiger partial charge in [-0.1, -0.05) is 36.4 Å². The van der Waals surface area contributed by atoms with Crippen LogP contribution >= 0.6 is 0 Å². The highest BCUT2D eigenvalue weighted by Gasteiger charge is 2.18. The van der Waals surface area contributed by atoms with Crippen LogP contribution in [0.5, 0.6) is 11.8 Å². The molecule has 5 N–H and O–H groups in total. The van der Waals surface area contributed by atoms with Crippen molar-refractivity contribution in [3.63, 3.8) is 0 Å². The number of benzene rings is 3. The Kier molecular flexibility index (Phi) is 7.54. The molecule has 0 atom stereocenters. The first-order chi connectivity index (χ1) is 19.4. The van der Waals surface area contributed by atoms with Gasteiger partial charge in [-0.2, -0.15) is 0 Å². The summed E-state index contributed by atoms with van der Waals surface area (Å²) in [5.41, 5.74) is 8.38. The Morgan fingerprint density at radius 2 is 1.73 bits per heavy atom. The van der Waals surface area contributed by atoms with Gasteiger partial charge in [0, 0.05) is 48.5 Å². The molecule has 202 valence electrons. The SMILES string of the molecule is COC(=O)NCCNC(=O)c1cc2ccc(C(=N)N)cc2n1Cc1cc(Oc2ncccn2)cc2ccccc12. The van der Waals surface area contributed by atoms with Crippen LogP contribution in [0.3, 0.4) is 0 Å². The number of amidine groups is 1. The van der Waals surface area contributed by atoms with Crippen LogP contribution in [0, 0.1) is 5.41 Å². The van der Waals surface area contributed by atoms with E-state index in [-0.39, 0.29) is 30.8 Å². The Balaban J connectivity index is 1.55. The van der Waals surface area contributed by atoms with Gasteiger partial charge < -0.3 is 30.4 Å². The Morgan fingerprint density at radius 1 is 0.950 bits per heavy atom. The number of methoxy groups -OCH3 is 1. The summed E-state index contributed by atoms with van der Waals surface area (Å²) in [4.78, 5) is 33.0. The van der Waals surface area contributed by atoms with Gasteiger partial charge in [0.25, 0.3) is 5.91 Å². The molecule has 0 aliphatic carbocycles. The Bertz CT molecular complexity index is 1720. The van der Waals surface area contributed by atoms with E-state index in [1.54, 1.807) is 36.7 Å². The maximum atomic E-state index is 13.3. The Labute approximate surface area is 229 Å². The summed E-state index contributed by atoms with van der Waals surface area (Å²) in [5, 5.41) is 16.1. The van der Waals surface area contributed by atoms with Crippen molar-refractivity contribution in [1.29, 1.82) is 5.41 Å². The quantitative estimate of drug-likeness (QED) is 0.127. The van der Waals surface area contributed by atoms with E-state index in [0.29, 0.717) is 23.6 Å². The number of aromatic nitrogens is 3. The average molecular weight is 538 g/mol. The van der Waals surface area contributed by atoms with Crippen LogP contribution in [0.25, 0.3) is 21.7 Å². The van der Waals surface area contributed by atoms with Crippen LogP contribution in [-0.2, 0) is 11.3 Å². The zero-order valence-corrected chi connectivity index (χ0v) is 21.7. The smallest absolute Gasteiger partial charge is 0.406 e. The van der Waals surface area contributed by atoms with E-state index in [1.165, 1.54) is 7.11 Å². The number of hydrogen-bond acceptors (Lipinski definition) is 7. The third kappa shape index (κ3) is 5.68. The fourth-order valence-electron chi connectivity index (χ4n) is 4.45. The summed E-state index contributed by atoms with van der Waals surface area (Å²) in [6.45, 7) is 0.734. The van der Waals surface area contributed by atoms with Crippen molar-refractivity contribution < 1.29 is 19.1 Å². The van der Waals surface area contributed by atoms with E-state index in [0.717, 1.165) is 27.2 Å². The fourth-order valence-corrected chi connectivity index (χ4v) is 4.45. The lowest BCUT2D eigenvalue weighted by molar-refractivity contribution is 0.0944. The van der Waals surface area contributed by atoms with Gasteiger partial charge in [0.15, 0.2) is 0 Å². The van der Waals surface area contributed by atoms with E-state index in [2.05, 4.69) is 25.3 Å². The summed E-state index contributed by atoms with van der Waals surface area (Å²) < 4.78 is 12.4. The van der Waals surface area contributed by atoms with E-state index in [1.807, 2.05) is 47.0 Å². The summed E-state index contributed by atoms with van der Waals surface area (Å²) in [6.07, 6.45) is 2.64. The van der Waals surface area contributed by atoms with Crippen LogP contribution in [0.2, 0.25) is 0 Å². The molecular formula is C29H27N7O4. The van der Waals surface area contributed by atoms with Crippen molar-refractivity contribution in [3.8, 4) is 11.8 Å². The molecule has 11 nitrogen and oxygen atoms in total. The van der Waals surface area contributed by atoms with Gasteiger partial charge in [0.05, 0.1) is 7.11 Å². The normalized spacial score (nSPS) is 10.8. The number of carbonyl (C=O) groups is 2. The van der Waals surface area contributed by atoms with Crippen LogP contribution in [0.1, 0.15) is 21.6 Å². The topological polar surface area (TPSA) is 157 Å². The maximum absolute atomic E-state index is 13.3. The molecule has 40 heavy (non-hydrogen) atoms. The van der Waals surface area contributed by atoms with Gasteiger partial charge in [-0.25, -0.2) is 14.8 Å². The number of nitrogens with two attached hydrogens (primary N) is 1. The Morgan fingerprint density at radius 3 is 2.50 bits per heavy atom. The standard InChI is InChI=1S/C29H27N7O4/c1-39-29(38)35-12-11-32-27(37)25-15-19-7-8-20(26(30)31)16-24(19)36(25)17-21-14-22(40-28-33-9-4-10-34-28)13-18-5-2-3-6-23(18)21/h2-10,13-16H,11-12,17H2,1H3,(H3,30,31)(H,32,37)(H,35,38). The monoisotopic (exact) mass is 537 g/mol. The lowest BCUT2D eigenvalue weighted by Gasteiger charge is -2.15. The number of nitrogens with one attached hydrogen (secondary N) is 3. The molecule has 2 amide bonds. The van der Waals surface area contributed by atoms with Crippen LogP contribution in [-0.4, -0.2) is 52.6 Å². The molecular weight excluding hydrogens is 510 g/mol. The van der Waals surface area contributed by atoms with Crippen molar-refractivity contribution in [2.75, 3.05) is 20.2 Å². The van der Waals surface area contributed by atoms with Crippen LogP contribution < -0.4 is 21.1 Å². The number of ether oxygens (including phenoxy) is 2. The highest BCUT2D eigenvalue weighted by Crippen LogP contribution is 2.30. The first-order valence-corrected chi connectivity index (χ1v) is 12.5. The molecule has 2 aromatic heterocycles. The minimum atomic E-state index is -0.574. The minimum absolute atomic E-state index is 0.0711. The zero-order chi connectivity index (χ0) is 28.1. The second-order valence-corrected chi connectivity index (χ2v) is 8.91. The first-order valence-electron chi connectivity index (χ1n) is 12.5. The average Bonchev–Trinajstić information content (AvgIpc) is 3.33. The van der Waals surface area contributed by atoms with Crippen molar-refractivity contribution in [2.45, 2.75) is 6.54 Å². The second kappa shape index (κ2) is 11.5. The van der Waals surface area contributed by atoms with Crippen LogP contribution in [0.4, 0.5) is 4.79 Å². The summed E-state index contributed by atoms with van der Waals surface area (Å²) in [7, 11) is 1.28. The highest BCUT2D eigenvalue weighted by molar-refractivity contribution is 6.02. The predicted octanol–water partition coefficient (Wildman–Crippen LogP) is 3.79. The summed E-state index contributed by atoms with van der Waals surface area (Å²) in [5.74, 6) is 0.167. The highest BCUT2D eigenvalue weighted by atomic mass is 16.5. The first kappa shape index (κ1) is 26.2. The molecule has 2 heterocycles. The largest absolute Gasteiger partial charge is 0.453 e. The summed E-state index contributed by atoms with van der Waals surface area (Å²) in [6, 6.07) is 20.8. The van der Waals surface area contributed by atoms with Gasteiger partial charge in [-0.05, 0) is 46.7 Å². The predicted molar refractivity (Wildman–Crippen MR) is 151 cm³/mol. The molecule has 3 aromatic carbocycles. The van der Waals surface area contributed by atoms with Crippen LogP contribution in [0.15, 0.2) is 79.1 Å². The van der Waals surface area contributed by atoms with E-state index < -0.39 is 6.09 Å². The molecule has 0 fully saturated rings. The number of alkyl carbamates (subject to hydrolysis) is 1. The van der Waals surface area contributed by atoms with Crippen molar-refractivity contribution in [2.24, 2.45) is 5.73 Å². The molecule has 0 aliphatic heterocycles. The molecule has 0 saturated heterocycles. The van der Waals surface area contributed by atoms with E-state index >= 15 is 0 Å². The number of carbonyl (C=O) groups excluding carboxylic acids is 2. The molecule has 5 aromatic rings. The molecule has 11 heteroatoms. The minimum Gasteiger partial charge on any atom is -0.453 e. The van der Waals surface area contributed by atoms with Gasteiger partial charge in [-0.3, -0.25) is 10.2 Å². The molecule has 0 spiro atoms. The lowest BCUT2D eigenvalue weighted by atomic mass is 10.0. The number of fused-ring (bicyclic) bond motifs is 2. The molecule has 0 unspecified atom stereocenters. The molecule has 5 rings (SSSR count). The van der Waals surface area contributed by atoms with Gasteiger partial charge in [0.1, 0.15) is 17.3 Å². The lowest BCUT2D eigenvalue weighted by Crippen LogP contribution is -2.35. The third-order valence-electron chi connectivity index (χ3n) is 6.31. The molecule has 0 radical (unpaired) electrons. The maximum Gasteiger partial charge on any atom is 0.406 e. The molecule has 0 bridgehead atoms. The van der Waals surface area contributed by atoms with Gasteiger partial charge >= 0.3 is 12.1 Å². The molecule has 0 saturated carbocycles. The summed E-state index contributed by atoms with van der Waals surface area (Å²) >= 11 is 0. The third-order valence-corrected chi connectivity index (χ3v) is 6.31. The van der Waals surface area contributed by atoms with Crippen molar-refractivity contribution in [3.05, 3.63) is 95.9 Å². The second-order valence-electron chi connectivity index (χ2n) is 8.91. The number of amides is 2. The number of rotatable bonds is 9. The number of hydrogen-bond donors (Lipinski definition) is 4. The van der Waals surface area contributed by atoms with E-state index in [9.17, 15) is 9.59 Å². The number of nitrogens with zero attached hydrogens (tertiary/aromatic N) is 3.